The first-order chi connectivity index (χ1) is 14.7. The normalized spacial score (nSPS) is 22.3. The fraction of sp³-hybridized carbons (Fsp3) is 0.333. The van der Waals surface area contributed by atoms with Crippen molar-refractivity contribution in [3.05, 3.63) is 66.4 Å². The van der Waals surface area contributed by atoms with Gasteiger partial charge in [-0.05, 0) is 49.8 Å². The lowest BCUT2D eigenvalue weighted by atomic mass is 9.76. The summed E-state index contributed by atoms with van der Waals surface area (Å²) in [6.45, 7) is 0. The Kier molecular flexibility index (Phi) is 4.77. The number of nitrogens with zero attached hydrogens (tertiary/aromatic N) is 2. The van der Waals surface area contributed by atoms with E-state index in [2.05, 4.69) is 14.9 Å². The number of amides is 1. The summed E-state index contributed by atoms with van der Waals surface area (Å²) in [6.07, 6.45) is 6.97. The molecule has 154 valence electrons. The molecule has 1 aliphatic carbocycles. The molecule has 30 heavy (non-hydrogen) atoms. The van der Waals surface area contributed by atoms with E-state index in [0.29, 0.717) is 0 Å². The van der Waals surface area contributed by atoms with E-state index in [1.807, 2.05) is 36.5 Å². The fourth-order valence-electron chi connectivity index (χ4n) is 5.04. The van der Waals surface area contributed by atoms with Crippen LogP contribution in [0.4, 0.5) is 10.1 Å². The van der Waals surface area contributed by atoms with Crippen LogP contribution in [0.2, 0.25) is 0 Å². The summed E-state index contributed by atoms with van der Waals surface area (Å²) in [4.78, 5) is 17.1. The van der Waals surface area contributed by atoms with E-state index in [-0.39, 0.29) is 29.6 Å². The maximum atomic E-state index is 14.7. The molecule has 1 aromatic heterocycles. The number of aromatic nitrogens is 2. The summed E-state index contributed by atoms with van der Waals surface area (Å²) in [5.41, 5.74) is 3.44. The topological polar surface area (TPSA) is 56.1 Å². The summed E-state index contributed by atoms with van der Waals surface area (Å²) in [5.74, 6) is 0.866. The molecule has 3 aromatic rings. The van der Waals surface area contributed by atoms with Crippen molar-refractivity contribution in [3.63, 3.8) is 0 Å². The molecular formula is C24H24FN3O2. The molecule has 1 N–H and O–H groups in total. The minimum Gasteiger partial charge on any atom is -0.497 e. The number of halogens is 1. The third-order valence-corrected chi connectivity index (χ3v) is 6.52. The summed E-state index contributed by atoms with van der Waals surface area (Å²) in [5, 5.41) is 3.01. The zero-order valence-electron chi connectivity index (χ0n) is 16.8. The molecule has 0 saturated heterocycles. The molecule has 5 rings (SSSR count). The lowest BCUT2D eigenvalue weighted by Crippen LogP contribution is -2.30. The number of imidazole rings is 1. The molecule has 0 radical (unpaired) electrons. The van der Waals surface area contributed by atoms with Gasteiger partial charge in [-0.1, -0.05) is 18.2 Å². The Labute approximate surface area is 174 Å². The average molecular weight is 405 g/mol. The van der Waals surface area contributed by atoms with Gasteiger partial charge in [-0.25, -0.2) is 9.37 Å². The zero-order chi connectivity index (χ0) is 20.7. The minimum atomic E-state index is -0.154. The van der Waals surface area contributed by atoms with Crippen LogP contribution in [0, 0.1) is 17.7 Å². The number of fused-ring (bicyclic) bond motifs is 3. The highest BCUT2D eigenvalue weighted by Gasteiger charge is 2.39. The molecule has 2 heterocycles. The number of ether oxygens (including phenoxy) is 1. The van der Waals surface area contributed by atoms with Crippen molar-refractivity contribution in [1.82, 2.24) is 9.55 Å². The Morgan fingerprint density at radius 1 is 1.17 bits per heavy atom. The van der Waals surface area contributed by atoms with Crippen molar-refractivity contribution in [1.29, 1.82) is 0 Å². The SMILES string of the molecule is COc1cccc(NC(=O)[C@H]2CC[C@@H](C3c4c(F)cccc4-c4cncn43)CC2)c1. The highest BCUT2D eigenvalue weighted by atomic mass is 19.1. The van der Waals surface area contributed by atoms with Crippen molar-refractivity contribution in [2.75, 3.05) is 12.4 Å². The van der Waals surface area contributed by atoms with Crippen LogP contribution in [0.3, 0.4) is 0 Å². The maximum absolute atomic E-state index is 14.7. The molecule has 1 aliphatic heterocycles. The van der Waals surface area contributed by atoms with Crippen LogP contribution >= 0.6 is 0 Å². The van der Waals surface area contributed by atoms with Crippen molar-refractivity contribution >= 4 is 11.6 Å². The Morgan fingerprint density at radius 3 is 2.77 bits per heavy atom. The average Bonchev–Trinajstić information content (AvgIpc) is 3.36. The minimum absolute atomic E-state index is 0.0313. The quantitative estimate of drug-likeness (QED) is 0.661. The van der Waals surface area contributed by atoms with Gasteiger partial charge in [-0.3, -0.25) is 4.79 Å². The molecule has 1 saturated carbocycles. The van der Waals surface area contributed by atoms with Gasteiger partial charge in [0.1, 0.15) is 11.6 Å². The van der Waals surface area contributed by atoms with Gasteiger partial charge in [0.05, 0.1) is 31.4 Å². The van der Waals surface area contributed by atoms with Crippen LogP contribution in [0.5, 0.6) is 5.75 Å². The Hall–Kier alpha value is -3.15. The Bertz CT molecular complexity index is 1090. The van der Waals surface area contributed by atoms with E-state index in [0.717, 1.165) is 53.9 Å². The lowest BCUT2D eigenvalue weighted by Gasteiger charge is -2.33. The summed E-state index contributed by atoms with van der Waals surface area (Å²) < 4.78 is 22.1. The molecule has 1 fully saturated rings. The number of anilines is 1. The van der Waals surface area contributed by atoms with Gasteiger partial charge in [-0.2, -0.15) is 0 Å². The second-order valence-corrected chi connectivity index (χ2v) is 8.16. The first-order valence-electron chi connectivity index (χ1n) is 10.4. The molecule has 2 aliphatic rings. The van der Waals surface area contributed by atoms with Gasteiger partial charge in [0, 0.05) is 28.8 Å². The van der Waals surface area contributed by atoms with Crippen molar-refractivity contribution in [3.8, 4) is 17.0 Å². The molecule has 6 heteroatoms. The number of hydrogen-bond acceptors (Lipinski definition) is 3. The smallest absolute Gasteiger partial charge is 0.227 e. The van der Waals surface area contributed by atoms with E-state index >= 15 is 0 Å². The number of benzene rings is 2. The number of nitrogens with one attached hydrogen (secondary N) is 1. The molecule has 1 amide bonds. The summed E-state index contributed by atoms with van der Waals surface area (Å²) in [6, 6.07) is 12.6. The number of rotatable bonds is 4. The molecule has 5 nitrogen and oxygen atoms in total. The van der Waals surface area contributed by atoms with Crippen LogP contribution in [-0.4, -0.2) is 22.6 Å². The number of hydrogen-bond donors (Lipinski definition) is 1. The van der Waals surface area contributed by atoms with Crippen molar-refractivity contribution < 1.29 is 13.9 Å². The zero-order valence-corrected chi connectivity index (χ0v) is 16.8. The van der Waals surface area contributed by atoms with Crippen LogP contribution in [0.15, 0.2) is 55.0 Å². The van der Waals surface area contributed by atoms with Gasteiger partial charge in [0.25, 0.3) is 0 Å². The lowest BCUT2D eigenvalue weighted by molar-refractivity contribution is -0.121. The van der Waals surface area contributed by atoms with Crippen molar-refractivity contribution in [2.45, 2.75) is 31.7 Å². The summed E-state index contributed by atoms with van der Waals surface area (Å²) in [7, 11) is 1.61. The predicted octanol–water partition coefficient (Wildman–Crippen LogP) is 5.05. The predicted molar refractivity (Wildman–Crippen MR) is 113 cm³/mol. The first kappa shape index (κ1) is 18.9. The van der Waals surface area contributed by atoms with E-state index in [9.17, 15) is 9.18 Å². The Balaban J connectivity index is 1.29. The molecule has 1 atom stereocenters. The third-order valence-electron chi connectivity index (χ3n) is 6.52. The monoisotopic (exact) mass is 405 g/mol. The van der Waals surface area contributed by atoms with E-state index in [4.69, 9.17) is 4.74 Å². The van der Waals surface area contributed by atoms with Crippen molar-refractivity contribution in [2.24, 2.45) is 11.8 Å². The largest absolute Gasteiger partial charge is 0.497 e. The standard InChI is InChI=1S/C24H24FN3O2/c1-30-18-5-2-4-17(12-18)27-24(29)16-10-8-15(9-11-16)23-22-19(6-3-7-20(22)25)21-13-26-14-28(21)23/h2-7,12-16,23H,8-11H2,1H3,(H,27,29)/t15-,16+,23?. The van der Waals surface area contributed by atoms with Gasteiger partial charge in [0.15, 0.2) is 0 Å². The van der Waals surface area contributed by atoms with E-state index < -0.39 is 0 Å². The molecular weight excluding hydrogens is 381 g/mol. The van der Waals surface area contributed by atoms with Gasteiger partial charge in [0.2, 0.25) is 5.91 Å². The molecule has 0 bridgehead atoms. The van der Waals surface area contributed by atoms with Crippen LogP contribution in [0.25, 0.3) is 11.3 Å². The molecule has 2 aromatic carbocycles. The second-order valence-electron chi connectivity index (χ2n) is 8.16. The molecule has 1 unspecified atom stereocenters. The first-order valence-corrected chi connectivity index (χ1v) is 10.4. The third kappa shape index (κ3) is 3.16. The second kappa shape index (κ2) is 7.59. The van der Waals surface area contributed by atoms with E-state index in [1.165, 1.54) is 0 Å². The number of carbonyl (C=O) groups excluding carboxylic acids is 1. The van der Waals surface area contributed by atoms with Gasteiger partial charge in [-0.15, -0.1) is 0 Å². The fourth-order valence-corrected chi connectivity index (χ4v) is 5.04. The Morgan fingerprint density at radius 2 is 1.97 bits per heavy atom. The van der Waals surface area contributed by atoms with Gasteiger partial charge >= 0.3 is 0 Å². The van der Waals surface area contributed by atoms with Crippen LogP contribution in [-0.2, 0) is 4.79 Å². The van der Waals surface area contributed by atoms with Crippen LogP contribution in [0.1, 0.15) is 37.3 Å². The highest BCUT2D eigenvalue weighted by molar-refractivity contribution is 5.92. The van der Waals surface area contributed by atoms with Crippen LogP contribution < -0.4 is 10.1 Å². The maximum Gasteiger partial charge on any atom is 0.227 e. The number of carbonyl (C=O) groups is 1. The van der Waals surface area contributed by atoms with E-state index in [1.54, 1.807) is 25.6 Å². The summed E-state index contributed by atoms with van der Waals surface area (Å²) >= 11 is 0. The van der Waals surface area contributed by atoms with Gasteiger partial charge < -0.3 is 14.6 Å². The highest BCUT2D eigenvalue weighted by Crippen LogP contribution is 2.48. The number of methoxy groups -OCH3 is 1. The molecule has 0 spiro atoms.